The molecule has 0 aliphatic heterocycles. The molecule has 0 atom stereocenters. The van der Waals surface area contributed by atoms with Crippen molar-refractivity contribution < 1.29 is 0 Å². The molecule has 2 heterocycles. The number of aryl methyl sites for hydroxylation is 1. The van der Waals surface area contributed by atoms with Crippen LogP contribution in [0, 0.1) is 0 Å². The van der Waals surface area contributed by atoms with Crippen molar-refractivity contribution in [1.29, 1.82) is 0 Å². The van der Waals surface area contributed by atoms with Crippen molar-refractivity contribution in [1.82, 2.24) is 20.0 Å². The van der Waals surface area contributed by atoms with E-state index in [0.717, 1.165) is 25.2 Å². The molecule has 5 heteroatoms. The highest BCUT2D eigenvalue weighted by molar-refractivity contribution is 5.40. The van der Waals surface area contributed by atoms with E-state index in [0.29, 0.717) is 0 Å². The third kappa shape index (κ3) is 3.05. The van der Waals surface area contributed by atoms with E-state index in [1.54, 1.807) is 18.6 Å². The topological polar surface area (TPSA) is 55.6 Å². The van der Waals surface area contributed by atoms with Gasteiger partial charge >= 0.3 is 0 Å². The second-order valence-corrected chi connectivity index (χ2v) is 3.18. The average molecular weight is 203 g/mol. The predicted octanol–water partition coefficient (Wildman–Crippen LogP) is 1.18. The first kappa shape index (κ1) is 9.64. The molecule has 0 amide bonds. The number of nitrogens with one attached hydrogen (secondary N) is 1. The van der Waals surface area contributed by atoms with Crippen molar-refractivity contribution in [3.05, 3.63) is 36.9 Å². The van der Waals surface area contributed by atoms with Gasteiger partial charge < -0.3 is 5.32 Å². The fourth-order valence-corrected chi connectivity index (χ4v) is 1.30. The summed E-state index contributed by atoms with van der Waals surface area (Å²) in [7, 11) is 0. The maximum atomic E-state index is 3.95. The third-order valence-corrected chi connectivity index (χ3v) is 2.05. The van der Waals surface area contributed by atoms with E-state index in [1.165, 1.54) is 0 Å². The van der Waals surface area contributed by atoms with Gasteiger partial charge in [-0.3, -0.25) is 9.67 Å². The first-order valence-corrected chi connectivity index (χ1v) is 4.93. The highest BCUT2D eigenvalue weighted by Crippen LogP contribution is 2.02. The van der Waals surface area contributed by atoms with Crippen LogP contribution in [0.2, 0.25) is 0 Å². The molecule has 2 rings (SSSR count). The molecule has 0 radical (unpaired) electrons. The molecule has 0 saturated carbocycles. The fraction of sp³-hybridized carbons (Fsp3) is 0.300. The van der Waals surface area contributed by atoms with Gasteiger partial charge in [-0.15, -0.1) is 5.10 Å². The Bertz CT molecular complexity index is 370. The minimum absolute atomic E-state index is 0.887. The molecule has 0 aromatic carbocycles. The van der Waals surface area contributed by atoms with Crippen molar-refractivity contribution in [2.24, 2.45) is 0 Å². The van der Waals surface area contributed by atoms with Crippen molar-refractivity contribution >= 4 is 5.69 Å². The second kappa shape index (κ2) is 5.09. The Kier molecular flexibility index (Phi) is 3.27. The molecule has 1 N–H and O–H groups in total. The van der Waals surface area contributed by atoms with E-state index in [4.69, 9.17) is 0 Å². The van der Waals surface area contributed by atoms with Gasteiger partial charge in [-0.1, -0.05) is 5.21 Å². The molecule has 15 heavy (non-hydrogen) atoms. The van der Waals surface area contributed by atoms with Crippen LogP contribution >= 0.6 is 0 Å². The van der Waals surface area contributed by atoms with E-state index < -0.39 is 0 Å². The Morgan fingerprint density at radius 3 is 2.80 bits per heavy atom. The van der Waals surface area contributed by atoms with Gasteiger partial charge in [0.05, 0.1) is 6.20 Å². The second-order valence-electron chi connectivity index (χ2n) is 3.18. The molecular formula is C10H13N5. The smallest absolute Gasteiger partial charge is 0.0692 e. The molecule has 78 valence electrons. The number of anilines is 1. The van der Waals surface area contributed by atoms with Crippen LogP contribution in [0.5, 0.6) is 0 Å². The number of hydrogen-bond donors (Lipinski definition) is 1. The summed E-state index contributed by atoms with van der Waals surface area (Å²) in [6.07, 6.45) is 8.13. The summed E-state index contributed by atoms with van der Waals surface area (Å²) in [6.45, 7) is 1.81. The monoisotopic (exact) mass is 203 g/mol. The van der Waals surface area contributed by atoms with Gasteiger partial charge in [-0.25, -0.2) is 0 Å². The minimum atomic E-state index is 0.887. The van der Waals surface area contributed by atoms with Crippen LogP contribution in [0.3, 0.4) is 0 Å². The van der Waals surface area contributed by atoms with E-state index in [1.807, 2.05) is 23.0 Å². The van der Waals surface area contributed by atoms with Gasteiger partial charge in [0.2, 0.25) is 0 Å². The summed E-state index contributed by atoms with van der Waals surface area (Å²) in [5.41, 5.74) is 1.10. The van der Waals surface area contributed by atoms with Gasteiger partial charge in [-0.2, -0.15) is 0 Å². The van der Waals surface area contributed by atoms with Gasteiger partial charge in [0, 0.05) is 37.4 Å². The van der Waals surface area contributed by atoms with Crippen molar-refractivity contribution in [2.45, 2.75) is 13.0 Å². The lowest BCUT2D eigenvalue weighted by Gasteiger charge is -2.05. The van der Waals surface area contributed by atoms with Gasteiger partial charge in [0.1, 0.15) is 0 Å². The van der Waals surface area contributed by atoms with E-state index in [9.17, 15) is 0 Å². The van der Waals surface area contributed by atoms with Crippen LogP contribution in [-0.2, 0) is 6.54 Å². The first-order chi connectivity index (χ1) is 7.45. The van der Waals surface area contributed by atoms with E-state index in [-0.39, 0.29) is 0 Å². The summed E-state index contributed by atoms with van der Waals surface area (Å²) in [6, 6.07) is 3.91. The fourth-order valence-electron chi connectivity index (χ4n) is 1.30. The Morgan fingerprint density at radius 2 is 2.07 bits per heavy atom. The average Bonchev–Trinajstić information content (AvgIpc) is 2.79. The normalized spacial score (nSPS) is 10.1. The molecule has 0 aliphatic rings. The number of aromatic nitrogens is 4. The molecule has 2 aromatic heterocycles. The largest absolute Gasteiger partial charge is 0.385 e. The Labute approximate surface area is 88.1 Å². The minimum Gasteiger partial charge on any atom is -0.385 e. The number of hydrogen-bond acceptors (Lipinski definition) is 4. The molecule has 0 bridgehead atoms. The number of pyridine rings is 1. The van der Waals surface area contributed by atoms with E-state index in [2.05, 4.69) is 20.6 Å². The first-order valence-electron chi connectivity index (χ1n) is 4.93. The van der Waals surface area contributed by atoms with Gasteiger partial charge in [0.25, 0.3) is 0 Å². The van der Waals surface area contributed by atoms with Crippen LogP contribution < -0.4 is 5.32 Å². The molecule has 0 unspecified atom stereocenters. The third-order valence-electron chi connectivity index (χ3n) is 2.05. The highest BCUT2D eigenvalue weighted by Gasteiger charge is 1.92. The van der Waals surface area contributed by atoms with Crippen LogP contribution in [0.15, 0.2) is 36.9 Å². The van der Waals surface area contributed by atoms with Gasteiger partial charge in [-0.05, 0) is 18.6 Å². The van der Waals surface area contributed by atoms with Crippen LogP contribution in [0.1, 0.15) is 6.42 Å². The molecule has 0 spiro atoms. The molecule has 0 saturated heterocycles. The lowest BCUT2D eigenvalue weighted by atomic mass is 10.3. The number of nitrogens with zero attached hydrogens (tertiary/aromatic N) is 4. The molecule has 0 aliphatic carbocycles. The summed E-state index contributed by atoms with van der Waals surface area (Å²) >= 11 is 0. The van der Waals surface area contributed by atoms with Crippen LogP contribution in [-0.4, -0.2) is 26.5 Å². The quantitative estimate of drug-likeness (QED) is 0.741. The van der Waals surface area contributed by atoms with Gasteiger partial charge in [0.15, 0.2) is 0 Å². The molecule has 0 fully saturated rings. The summed E-state index contributed by atoms with van der Waals surface area (Å²) in [4.78, 5) is 3.95. The van der Waals surface area contributed by atoms with Crippen molar-refractivity contribution in [3.8, 4) is 0 Å². The van der Waals surface area contributed by atoms with E-state index >= 15 is 0 Å². The molecule has 2 aromatic rings. The maximum absolute atomic E-state index is 3.95. The maximum Gasteiger partial charge on any atom is 0.0692 e. The molecule has 5 nitrogen and oxygen atoms in total. The summed E-state index contributed by atoms with van der Waals surface area (Å²) < 4.78 is 1.83. The number of rotatable bonds is 5. The van der Waals surface area contributed by atoms with Crippen molar-refractivity contribution in [2.75, 3.05) is 11.9 Å². The molecular weight excluding hydrogens is 190 g/mol. The Morgan fingerprint density at radius 1 is 1.20 bits per heavy atom. The highest BCUT2D eigenvalue weighted by atomic mass is 15.4. The standard InChI is InChI=1S/C10H13N5/c1(8-15-9-7-13-14-15)4-12-10-2-5-11-6-3-10/h2-3,5-7,9H,1,4,8H2,(H,11,12). The Hall–Kier alpha value is -1.91. The van der Waals surface area contributed by atoms with Crippen molar-refractivity contribution in [3.63, 3.8) is 0 Å². The zero-order valence-corrected chi connectivity index (χ0v) is 8.37. The van der Waals surface area contributed by atoms with Crippen LogP contribution in [0.4, 0.5) is 5.69 Å². The van der Waals surface area contributed by atoms with Crippen LogP contribution in [0.25, 0.3) is 0 Å². The lowest BCUT2D eigenvalue weighted by molar-refractivity contribution is 0.570. The summed E-state index contributed by atoms with van der Waals surface area (Å²) in [5.74, 6) is 0. The SMILES string of the molecule is c1cc(NCCCn2ccnn2)ccn1. The zero-order valence-electron chi connectivity index (χ0n) is 8.37. The Balaban J connectivity index is 1.68. The summed E-state index contributed by atoms with van der Waals surface area (Å²) in [5, 5.41) is 10.9. The zero-order chi connectivity index (χ0) is 10.3. The predicted molar refractivity (Wildman–Crippen MR) is 57.4 cm³/mol. The lowest BCUT2D eigenvalue weighted by Crippen LogP contribution is -2.07.